The Kier molecular flexibility index (Phi) is 6.48. The van der Waals surface area contributed by atoms with Crippen LogP contribution in [-0.2, 0) is 16.1 Å². The second kappa shape index (κ2) is 9.02. The number of nitrogens with one attached hydrogen (secondary N) is 1. The fourth-order valence-corrected chi connectivity index (χ4v) is 3.19. The molecule has 1 fully saturated rings. The van der Waals surface area contributed by atoms with Crippen molar-refractivity contribution in [2.45, 2.75) is 27.3 Å². The lowest BCUT2D eigenvalue weighted by molar-refractivity contribution is -0.118. The van der Waals surface area contributed by atoms with E-state index in [1.165, 1.54) is 5.56 Å². The number of nitrogens with zero attached hydrogens (tertiary/aromatic N) is 1. The quantitative estimate of drug-likeness (QED) is 0.848. The average Bonchev–Trinajstić information content (AvgIpc) is 2.67. The third-order valence-electron chi connectivity index (χ3n) is 4.97. The molecule has 5 nitrogen and oxygen atoms in total. The molecule has 1 saturated heterocycles. The molecule has 0 radical (unpaired) electrons. The largest absolute Gasteiger partial charge is 0.483 e. The molecule has 1 aliphatic rings. The minimum atomic E-state index is -0.156. The van der Waals surface area contributed by atoms with Gasteiger partial charge in [0.1, 0.15) is 5.75 Å². The number of rotatable bonds is 6. The SMILES string of the molecule is Cc1ccc(C)c(OCC(=O)Nc2ccc(CN3CCOCC3)cc2)c1C. The van der Waals surface area contributed by atoms with Gasteiger partial charge < -0.3 is 14.8 Å². The summed E-state index contributed by atoms with van der Waals surface area (Å²) in [5.74, 6) is 0.641. The average molecular weight is 368 g/mol. The van der Waals surface area contributed by atoms with Crippen LogP contribution >= 0.6 is 0 Å². The van der Waals surface area contributed by atoms with Crippen LogP contribution in [0, 0.1) is 20.8 Å². The molecular formula is C22H28N2O3. The molecule has 0 unspecified atom stereocenters. The van der Waals surface area contributed by atoms with Crippen molar-refractivity contribution in [1.29, 1.82) is 0 Å². The van der Waals surface area contributed by atoms with Crippen molar-refractivity contribution in [2.75, 3.05) is 38.2 Å². The first kappa shape index (κ1) is 19.4. The molecule has 3 rings (SSSR count). The first-order chi connectivity index (χ1) is 13.0. The van der Waals surface area contributed by atoms with Gasteiger partial charge in [0.2, 0.25) is 0 Å². The number of ether oxygens (including phenoxy) is 2. The molecule has 0 saturated carbocycles. The molecule has 27 heavy (non-hydrogen) atoms. The lowest BCUT2D eigenvalue weighted by Crippen LogP contribution is -2.35. The Morgan fingerprint density at radius 3 is 2.41 bits per heavy atom. The Morgan fingerprint density at radius 2 is 1.70 bits per heavy atom. The van der Waals surface area contributed by atoms with Crippen molar-refractivity contribution in [1.82, 2.24) is 4.90 Å². The maximum Gasteiger partial charge on any atom is 0.262 e. The van der Waals surface area contributed by atoms with Crippen LogP contribution in [0.2, 0.25) is 0 Å². The van der Waals surface area contributed by atoms with E-state index in [-0.39, 0.29) is 12.5 Å². The minimum absolute atomic E-state index is 0.000657. The lowest BCUT2D eigenvalue weighted by Gasteiger charge is -2.26. The molecule has 0 bridgehead atoms. The highest BCUT2D eigenvalue weighted by Crippen LogP contribution is 2.25. The number of carbonyl (C=O) groups excluding carboxylic acids is 1. The van der Waals surface area contributed by atoms with E-state index in [1.807, 2.05) is 39.0 Å². The standard InChI is InChI=1S/C22H28N2O3/c1-16-4-5-17(2)22(18(16)3)27-15-21(25)23-20-8-6-19(7-9-20)14-24-10-12-26-13-11-24/h4-9H,10-15H2,1-3H3,(H,23,25). The molecule has 0 spiro atoms. The Bertz CT molecular complexity index is 781. The molecule has 2 aromatic carbocycles. The molecular weight excluding hydrogens is 340 g/mol. The topological polar surface area (TPSA) is 50.8 Å². The molecule has 2 aromatic rings. The van der Waals surface area contributed by atoms with Gasteiger partial charge in [-0.2, -0.15) is 0 Å². The Balaban J connectivity index is 1.51. The maximum atomic E-state index is 12.2. The van der Waals surface area contributed by atoms with Crippen molar-refractivity contribution >= 4 is 11.6 Å². The van der Waals surface area contributed by atoms with Crippen molar-refractivity contribution in [2.24, 2.45) is 0 Å². The van der Waals surface area contributed by atoms with Crippen molar-refractivity contribution in [3.8, 4) is 5.75 Å². The van der Waals surface area contributed by atoms with E-state index in [0.29, 0.717) is 0 Å². The maximum absolute atomic E-state index is 12.2. The second-order valence-corrected chi connectivity index (χ2v) is 7.08. The zero-order chi connectivity index (χ0) is 19.2. The predicted octanol–water partition coefficient (Wildman–Crippen LogP) is 3.46. The number of morpholine rings is 1. The highest BCUT2D eigenvalue weighted by molar-refractivity contribution is 5.91. The number of hydrogen-bond acceptors (Lipinski definition) is 4. The molecule has 144 valence electrons. The van der Waals surface area contributed by atoms with E-state index in [1.54, 1.807) is 0 Å². The van der Waals surface area contributed by atoms with Gasteiger partial charge in [-0.3, -0.25) is 9.69 Å². The lowest BCUT2D eigenvalue weighted by atomic mass is 10.1. The van der Waals surface area contributed by atoms with E-state index < -0.39 is 0 Å². The molecule has 0 aliphatic carbocycles. The second-order valence-electron chi connectivity index (χ2n) is 7.08. The van der Waals surface area contributed by atoms with Gasteiger partial charge in [0.15, 0.2) is 6.61 Å². The molecule has 1 heterocycles. The third kappa shape index (κ3) is 5.31. The van der Waals surface area contributed by atoms with E-state index in [4.69, 9.17) is 9.47 Å². The molecule has 0 atom stereocenters. The summed E-state index contributed by atoms with van der Waals surface area (Å²) < 4.78 is 11.2. The number of hydrogen-bond donors (Lipinski definition) is 1. The van der Waals surface area contributed by atoms with Crippen molar-refractivity contribution in [3.63, 3.8) is 0 Å². The summed E-state index contributed by atoms with van der Waals surface area (Å²) in [6.45, 7) is 10.5. The number of anilines is 1. The van der Waals surface area contributed by atoms with E-state index in [9.17, 15) is 4.79 Å². The summed E-state index contributed by atoms with van der Waals surface area (Å²) in [5, 5.41) is 2.90. The van der Waals surface area contributed by atoms with Gasteiger partial charge in [0, 0.05) is 25.3 Å². The van der Waals surface area contributed by atoms with Gasteiger partial charge in [0.05, 0.1) is 13.2 Å². The smallest absolute Gasteiger partial charge is 0.262 e. The van der Waals surface area contributed by atoms with E-state index in [2.05, 4.69) is 28.4 Å². The van der Waals surface area contributed by atoms with Gasteiger partial charge >= 0.3 is 0 Å². The van der Waals surface area contributed by atoms with E-state index >= 15 is 0 Å². The summed E-state index contributed by atoms with van der Waals surface area (Å²) in [6.07, 6.45) is 0. The number of carbonyl (C=O) groups is 1. The number of aryl methyl sites for hydroxylation is 2. The highest BCUT2D eigenvalue weighted by atomic mass is 16.5. The molecule has 1 aliphatic heterocycles. The van der Waals surface area contributed by atoms with Crippen LogP contribution in [-0.4, -0.2) is 43.7 Å². The van der Waals surface area contributed by atoms with Crippen molar-refractivity contribution < 1.29 is 14.3 Å². The summed E-state index contributed by atoms with van der Waals surface area (Å²) >= 11 is 0. The Labute approximate surface area is 161 Å². The molecule has 0 aromatic heterocycles. The minimum Gasteiger partial charge on any atom is -0.483 e. The third-order valence-corrected chi connectivity index (χ3v) is 4.97. The Hall–Kier alpha value is -2.37. The van der Waals surface area contributed by atoms with Gasteiger partial charge in [0.25, 0.3) is 5.91 Å². The summed E-state index contributed by atoms with van der Waals surface area (Å²) in [5.41, 5.74) is 5.30. The summed E-state index contributed by atoms with van der Waals surface area (Å²) in [7, 11) is 0. The highest BCUT2D eigenvalue weighted by Gasteiger charge is 2.12. The fourth-order valence-electron chi connectivity index (χ4n) is 3.19. The first-order valence-corrected chi connectivity index (χ1v) is 9.41. The summed E-state index contributed by atoms with van der Waals surface area (Å²) in [4.78, 5) is 14.6. The molecule has 1 N–H and O–H groups in total. The van der Waals surface area contributed by atoms with Crippen molar-refractivity contribution in [3.05, 3.63) is 58.7 Å². The normalized spacial score (nSPS) is 14.8. The van der Waals surface area contributed by atoms with Gasteiger partial charge in [-0.05, 0) is 55.2 Å². The van der Waals surface area contributed by atoms with Gasteiger partial charge in [-0.1, -0.05) is 24.3 Å². The predicted molar refractivity (Wildman–Crippen MR) is 107 cm³/mol. The zero-order valence-corrected chi connectivity index (χ0v) is 16.4. The zero-order valence-electron chi connectivity index (χ0n) is 16.4. The van der Waals surface area contributed by atoms with Crippen LogP contribution in [0.5, 0.6) is 5.75 Å². The first-order valence-electron chi connectivity index (χ1n) is 9.41. The summed E-state index contributed by atoms with van der Waals surface area (Å²) in [6, 6.07) is 12.1. The molecule has 5 heteroatoms. The fraction of sp³-hybridized carbons (Fsp3) is 0.409. The van der Waals surface area contributed by atoms with Crippen LogP contribution in [0.4, 0.5) is 5.69 Å². The molecule has 1 amide bonds. The van der Waals surface area contributed by atoms with Crippen LogP contribution in [0.15, 0.2) is 36.4 Å². The monoisotopic (exact) mass is 368 g/mol. The van der Waals surface area contributed by atoms with Crippen LogP contribution in [0.1, 0.15) is 22.3 Å². The van der Waals surface area contributed by atoms with E-state index in [0.717, 1.165) is 61.0 Å². The van der Waals surface area contributed by atoms with Crippen LogP contribution < -0.4 is 10.1 Å². The Morgan fingerprint density at radius 1 is 1.04 bits per heavy atom. The van der Waals surface area contributed by atoms with Gasteiger partial charge in [-0.25, -0.2) is 0 Å². The van der Waals surface area contributed by atoms with Crippen LogP contribution in [0.3, 0.4) is 0 Å². The van der Waals surface area contributed by atoms with Gasteiger partial charge in [-0.15, -0.1) is 0 Å². The number of amides is 1. The number of benzene rings is 2. The van der Waals surface area contributed by atoms with Crippen LogP contribution in [0.25, 0.3) is 0 Å².